The number of carbonyl (C=O) groups is 1. The number of carbonyl (C=O) groups excluding carboxylic acids is 1. The minimum absolute atomic E-state index is 0.0102. The molecule has 1 aliphatic rings. The Labute approximate surface area is 134 Å². The third-order valence-corrected chi connectivity index (χ3v) is 4.05. The van der Waals surface area contributed by atoms with Crippen LogP contribution in [0, 0.1) is 0 Å². The number of nitrogens with zero attached hydrogens (tertiary/aromatic N) is 4. The molecule has 2 N–H and O–H groups in total. The van der Waals surface area contributed by atoms with Crippen molar-refractivity contribution in [2.45, 2.75) is 25.6 Å². The van der Waals surface area contributed by atoms with Crippen LogP contribution in [0.15, 0.2) is 12.4 Å². The van der Waals surface area contributed by atoms with E-state index in [9.17, 15) is 13.6 Å². The van der Waals surface area contributed by atoms with Crippen molar-refractivity contribution < 1.29 is 18.3 Å². The van der Waals surface area contributed by atoms with Crippen molar-refractivity contribution in [3.05, 3.63) is 18.2 Å². The second kappa shape index (κ2) is 8.32. The van der Waals surface area contributed by atoms with Crippen LogP contribution < -0.4 is 5.73 Å². The zero-order valence-electron chi connectivity index (χ0n) is 13.2. The zero-order valence-corrected chi connectivity index (χ0v) is 13.2. The molecular formula is C14H23F2N5O2. The highest BCUT2D eigenvalue weighted by atomic mass is 19.3. The van der Waals surface area contributed by atoms with Crippen LogP contribution in [0.1, 0.15) is 18.8 Å². The summed E-state index contributed by atoms with van der Waals surface area (Å²) in [6.07, 6.45) is 2.65. The molecular weight excluding hydrogens is 308 g/mol. The standard InChI is InChI=1S/C14H23F2N5O2/c1-23-11(9-17)8-13(22)20-6-4-19(5-7-20)10-12-18-2-3-21(12)14(15)16/h2-3,11,14H,4-10,17H2,1H3. The fraction of sp³-hybridized carbons (Fsp3) is 0.714. The fourth-order valence-electron chi connectivity index (χ4n) is 2.59. The fourth-order valence-corrected chi connectivity index (χ4v) is 2.59. The summed E-state index contributed by atoms with van der Waals surface area (Å²) < 4.78 is 31.6. The maximum atomic E-state index is 12.8. The molecule has 0 radical (unpaired) electrons. The van der Waals surface area contributed by atoms with Gasteiger partial charge < -0.3 is 15.4 Å². The lowest BCUT2D eigenvalue weighted by molar-refractivity contribution is -0.135. The average molecular weight is 331 g/mol. The van der Waals surface area contributed by atoms with Crippen molar-refractivity contribution in [2.75, 3.05) is 39.8 Å². The number of halogens is 2. The molecule has 1 aromatic heterocycles. The Morgan fingerprint density at radius 1 is 1.39 bits per heavy atom. The Morgan fingerprint density at radius 2 is 2.09 bits per heavy atom. The highest BCUT2D eigenvalue weighted by Crippen LogP contribution is 2.15. The number of piperazine rings is 1. The number of hydrogen-bond acceptors (Lipinski definition) is 5. The van der Waals surface area contributed by atoms with Gasteiger partial charge in [-0.3, -0.25) is 14.3 Å². The Bertz CT molecular complexity index is 499. The number of ether oxygens (including phenoxy) is 1. The zero-order chi connectivity index (χ0) is 16.8. The molecule has 1 amide bonds. The first-order valence-electron chi connectivity index (χ1n) is 7.58. The topological polar surface area (TPSA) is 76.6 Å². The van der Waals surface area contributed by atoms with Crippen molar-refractivity contribution in [2.24, 2.45) is 5.73 Å². The van der Waals surface area contributed by atoms with Crippen LogP contribution in [0.3, 0.4) is 0 Å². The van der Waals surface area contributed by atoms with Crippen molar-refractivity contribution in [1.82, 2.24) is 19.4 Å². The molecule has 2 rings (SSSR count). The summed E-state index contributed by atoms with van der Waals surface area (Å²) >= 11 is 0. The Morgan fingerprint density at radius 3 is 2.65 bits per heavy atom. The van der Waals surface area contributed by atoms with E-state index in [1.807, 2.05) is 4.90 Å². The lowest BCUT2D eigenvalue weighted by Crippen LogP contribution is -2.49. The largest absolute Gasteiger partial charge is 0.380 e. The van der Waals surface area contributed by atoms with Crippen molar-refractivity contribution in [3.8, 4) is 0 Å². The van der Waals surface area contributed by atoms with Crippen LogP contribution in [-0.4, -0.2) is 71.2 Å². The number of imidazole rings is 1. The molecule has 130 valence electrons. The first-order valence-corrected chi connectivity index (χ1v) is 7.58. The molecule has 23 heavy (non-hydrogen) atoms. The highest BCUT2D eigenvalue weighted by molar-refractivity contribution is 5.76. The van der Waals surface area contributed by atoms with E-state index < -0.39 is 6.55 Å². The molecule has 7 nitrogen and oxygen atoms in total. The van der Waals surface area contributed by atoms with Gasteiger partial charge >= 0.3 is 6.55 Å². The van der Waals surface area contributed by atoms with E-state index in [0.717, 1.165) is 4.57 Å². The molecule has 0 bridgehead atoms. The van der Waals surface area contributed by atoms with Crippen molar-refractivity contribution >= 4 is 5.91 Å². The number of hydrogen-bond donors (Lipinski definition) is 1. The van der Waals surface area contributed by atoms with E-state index in [1.54, 1.807) is 4.90 Å². The molecule has 0 aromatic carbocycles. The van der Waals surface area contributed by atoms with Gasteiger partial charge in [-0.05, 0) is 0 Å². The lowest BCUT2D eigenvalue weighted by atomic mass is 10.2. The number of amides is 1. The highest BCUT2D eigenvalue weighted by Gasteiger charge is 2.24. The molecule has 1 aliphatic heterocycles. The Hall–Kier alpha value is -1.58. The summed E-state index contributed by atoms with van der Waals surface area (Å²) in [6.45, 7) is 0.452. The van der Waals surface area contributed by atoms with Gasteiger partial charge in [-0.15, -0.1) is 0 Å². The summed E-state index contributed by atoms with van der Waals surface area (Å²) in [4.78, 5) is 19.9. The molecule has 0 aliphatic carbocycles. The lowest BCUT2D eigenvalue weighted by Gasteiger charge is -2.35. The Balaban J connectivity index is 1.82. The van der Waals surface area contributed by atoms with Gasteiger partial charge in [0.15, 0.2) is 0 Å². The molecule has 0 spiro atoms. The second-order valence-corrected chi connectivity index (χ2v) is 5.48. The second-order valence-electron chi connectivity index (χ2n) is 5.48. The van der Waals surface area contributed by atoms with Crippen LogP contribution in [-0.2, 0) is 16.1 Å². The number of methoxy groups -OCH3 is 1. The summed E-state index contributed by atoms with van der Waals surface area (Å²) in [6, 6.07) is 0. The minimum atomic E-state index is -2.59. The third kappa shape index (κ3) is 4.69. The van der Waals surface area contributed by atoms with Gasteiger partial charge in [0.1, 0.15) is 5.82 Å². The molecule has 9 heteroatoms. The van der Waals surface area contributed by atoms with Gasteiger partial charge in [0.25, 0.3) is 0 Å². The van der Waals surface area contributed by atoms with Gasteiger partial charge in [0.05, 0.1) is 19.1 Å². The maximum absolute atomic E-state index is 12.8. The summed E-state index contributed by atoms with van der Waals surface area (Å²) in [5.41, 5.74) is 5.52. The first-order chi connectivity index (χ1) is 11.0. The number of nitrogens with two attached hydrogens (primary N) is 1. The van der Waals surface area contributed by atoms with Crippen LogP contribution in [0.5, 0.6) is 0 Å². The van der Waals surface area contributed by atoms with E-state index in [2.05, 4.69) is 4.98 Å². The predicted molar refractivity (Wildman–Crippen MR) is 79.8 cm³/mol. The van der Waals surface area contributed by atoms with E-state index in [-0.39, 0.29) is 18.4 Å². The number of alkyl halides is 2. The number of aromatic nitrogens is 2. The van der Waals surface area contributed by atoms with Crippen molar-refractivity contribution in [3.63, 3.8) is 0 Å². The van der Waals surface area contributed by atoms with E-state index in [0.29, 0.717) is 45.1 Å². The van der Waals surface area contributed by atoms with Crippen LogP contribution >= 0.6 is 0 Å². The monoisotopic (exact) mass is 331 g/mol. The van der Waals surface area contributed by atoms with Crippen LogP contribution in [0.2, 0.25) is 0 Å². The molecule has 1 aromatic rings. The van der Waals surface area contributed by atoms with E-state index >= 15 is 0 Å². The average Bonchev–Trinajstić information content (AvgIpc) is 3.01. The smallest absolute Gasteiger partial charge is 0.319 e. The summed E-state index contributed by atoms with van der Waals surface area (Å²) in [7, 11) is 1.54. The molecule has 1 fully saturated rings. The van der Waals surface area contributed by atoms with Gasteiger partial charge in [-0.25, -0.2) is 4.98 Å². The number of rotatable bonds is 7. The summed E-state index contributed by atoms with van der Waals surface area (Å²) in [5, 5.41) is 0. The predicted octanol–water partition coefficient (Wildman–Crippen LogP) is 0.286. The normalized spacial score (nSPS) is 17.7. The van der Waals surface area contributed by atoms with Crippen LogP contribution in [0.4, 0.5) is 8.78 Å². The molecule has 1 saturated heterocycles. The van der Waals surface area contributed by atoms with Crippen molar-refractivity contribution in [1.29, 1.82) is 0 Å². The third-order valence-electron chi connectivity index (χ3n) is 4.05. The van der Waals surface area contributed by atoms with Crippen LogP contribution in [0.25, 0.3) is 0 Å². The molecule has 2 heterocycles. The van der Waals surface area contributed by atoms with Gasteiger partial charge in [0, 0.05) is 52.2 Å². The molecule has 1 unspecified atom stereocenters. The minimum Gasteiger partial charge on any atom is -0.380 e. The molecule has 0 saturated carbocycles. The molecule has 1 atom stereocenters. The SMILES string of the molecule is COC(CN)CC(=O)N1CCN(Cc2nccn2C(F)F)CC1. The summed E-state index contributed by atoms with van der Waals surface area (Å²) in [5.74, 6) is 0.346. The quantitative estimate of drug-likeness (QED) is 0.777. The van der Waals surface area contributed by atoms with Gasteiger partial charge in [0.2, 0.25) is 5.91 Å². The van der Waals surface area contributed by atoms with Gasteiger partial charge in [-0.2, -0.15) is 8.78 Å². The maximum Gasteiger partial charge on any atom is 0.319 e. The van der Waals surface area contributed by atoms with E-state index in [4.69, 9.17) is 10.5 Å². The first kappa shape index (κ1) is 17.8. The van der Waals surface area contributed by atoms with E-state index in [1.165, 1.54) is 19.5 Å². The van der Waals surface area contributed by atoms with Gasteiger partial charge in [-0.1, -0.05) is 0 Å². The Kier molecular flexibility index (Phi) is 6.43.